The van der Waals surface area contributed by atoms with Crippen LogP contribution in [-0.4, -0.2) is 10.8 Å². The summed E-state index contributed by atoms with van der Waals surface area (Å²) in [6, 6.07) is 29.5. The van der Waals surface area contributed by atoms with Gasteiger partial charge in [0.2, 0.25) is 5.88 Å². The Balaban J connectivity index is 1.50. The maximum absolute atomic E-state index is 6.10. The zero-order valence-electron chi connectivity index (χ0n) is 16.1. The van der Waals surface area contributed by atoms with Gasteiger partial charge in [0, 0.05) is 28.5 Å². The van der Waals surface area contributed by atoms with Crippen LogP contribution in [-0.2, 0) is 6.54 Å². The molecule has 0 fully saturated rings. The summed E-state index contributed by atoms with van der Waals surface area (Å²) in [5, 5.41) is 0.707. The van der Waals surface area contributed by atoms with E-state index in [0.29, 0.717) is 10.9 Å². The molecule has 3 aromatic carbocycles. The smallest absolute Gasteiger partial charge is 0.219 e. The van der Waals surface area contributed by atoms with Crippen molar-refractivity contribution in [1.29, 1.82) is 0 Å². The zero-order chi connectivity index (χ0) is 20.3. The first-order valence-electron chi connectivity index (χ1n) is 9.65. The standard InChI is InChI=1S/C25H18ClN3O/c26-20-11-13-21(14-12-20)29-17-19-6-4-5-9-23(19)28-25(29)18-10-15-24(27-16-18)30-22-7-2-1-3-8-22/h1-16H,17H2. The molecule has 0 aliphatic carbocycles. The summed E-state index contributed by atoms with van der Waals surface area (Å²) in [6.07, 6.45) is 1.80. The number of nitrogens with zero attached hydrogens (tertiary/aromatic N) is 3. The number of fused-ring (bicyclic) bond motifs is 1. The number of amidine groups is 1. The summed E-state index contributed by atoms with van der Waals surface area (Å²) in [6.45, 7) is 0.721. The lowest BCUT2D eigenvalue weighted by Gasteiger charge is -2.30. The van der Waals surface area contributed by atoms with Crippen molar-refractivity contribution in [2.24, 2.45) is 4.99 Å². The molecule has 0 N–H and O–H groups in total. The number of benzene rings is 3. The number of hydrogen-bond donors (Lipinski definition) is 0. The predicted molar refractivity (Wildman–Crippen MR) is 121 cm³/mol. The maximum atomic E-state index is 6.10. The minimum absolute atomic E-state index is 0.541. The fourth-order valence-electron chi connectivity index (χ4n) is 3.41. The topological polar surface area (TPSA) is 37.7 Å². The first-order chi connectivity index (χ1) is 14.8. The van der Waals surface area contributed by atoms with Gasteiger partial charge in [-0.1, -0.05) is 48.0 Å². The molecular formula is C25H18ClN3O. The summed E-state index contributed by atoms with van der Waals surface area (Å²) in [5.74, 6) is 2.14. The van der Waals surface area contributed by atoms with Crippen LogP contribution >= 0.6 is 11.6 Å². The highest BCUT2D eigenvalue weighted by atomic mass is 35.5. The molecule has 1 aliphatic rings. The Labute approximate surface area is 180 Å². The van der Waals surface area contributed by atoms with Gasteiger partial charge in [-0.25, -0.2) is 9.98 Å². The van der Waals surface area contributed by atoms with E-state index in [4.69, 9.17) is 21.3 Å². The minimum atomic E-state index is 0.541. The SMILES string of the molecule is Clc1ccc(N2Cc3ccccc3N=C2c2ccc(Oc3ccccc3)nc2)cc1. The highest BCUT2D eigenvalue weighted by molar-refractivity contribution is 6.30. The van der Waals surface area contributed by atoms with Gasteiger partial charge in [-0.15, -0.1) is 0 Å². The molecule has 0 radical (unpaired) electrons. The van der Waals surface area contributed by atoms with E-state index >= 15 is 0 Å². The van der Waals surface area contributed by atoms with Crippen molar-refractivity contribution in [3.8, 4) is 11.6 Å². The van der Waals surface area contributed by atoms with Crippen molar-refractivity contribution in [2.75, 3.05) is 4.90 Å². The highest BCUT2D eigenvalue weighted by Crippen LogP contribution is 2.32. The Hall–Kier alpha value is -3.63. The van der Waals surface area contributed by atoms with E-state index in [2.05, 4.69) is 16.0 Å². The van der Waals surface area contributed by atoms with Crippen LogP contribution in [0, 0.1) is 0 Å². The average molecular weight is 412 g/mol. The fourth-order valence-corrected chi connectivity index (χ4v) is 3.54. The molecule has 5 rings (SSSR count). The molecule has 0 unspecified atom stereocenters. The van der Waals surface area contributed by atoms with E-state index < -0.39 is 0 Å². The molecule has 30 heavy (non-hydrogen) atoms. The Morgan fingerprint density at radius 2 is 1.57 bits per heavy atom. The van der Waals surface area contributed by atoms with E-state index in [1.807, 2.05) is 84.9 Å². The maximum Gasteiger partial charge on any atom is 0.219 e. The van der Waals surface area contributed by atoms with Crippen molar-refractivity contribution < 1.29 is 4.74 Å². The molecule has 4 nitrogen and oxygen atoms in total. The number of ether oxygens (including phenoxy) is 1. The first-order valence-corrected chi connectivity index (χ1v) is 10.0. The number of halogens is 1. The second-order valence-electron chi connectivity index (χ2n) is 6.93. The van der Waals surface area contributed by atoms with Gasteiger partial charge in [0.1, 0.15) is 11.6 Å². The van der Waals surface area contributed by atoms with Crippen molar-refractivity contribution in [3.63, 3.8) is 0 Å². The largest absolute Gasteiger partial charge is 0.439 e. The molecule has 1 aliphatic heterocycles. The van der Waals surface area contributed by atoms with Gasteiger partial charge in [-0.05, 0) is 54.1 Å². The quantitative estimate of drug-likeness (QED) is 0.378. The molecule has 5 heteroatoms. The Morgan fingerprint density at radius 1 is 0.800 bits per heavy atom. The molecule has 2 heterocycles. The van der Waals surface area contributed by atoms with Gasteiger partial charge in [0.05, 0.1) is 12.2 Å². The molecule has 4 aromatic rings. The van der Waals surface area contributed by atoms with Gasteiger partial charge in [0.25, 0.3) is 0 Å². The van der Waals surface area contributed by atoms with Crippen LogP contribution < -0.4 is 9.64 Å². The lowest BCUT2D eigenvalue weighted by atomic mass is 10.1. The van der Waals surface area contributed by atoms with E-state index in [9.17, 15) is 0 Å². The Bertz CT molecular complexity index is 1190. The highest BCUT2D eigenvalue weighted by Gasteiger charge is 2.22. The Morgan fingerprint density at radius 3 is 2.33 bits per heavy atom. The molecule has 0 bridgehead atoms. The third-order valence-corrected chi connectivity index (χ3v) is 5.15. The number of anilines is 1. The summed E-state index contributed by atoms with van der Waals surface area (Å²) >= 11 is 6.10. The summed E-state index contributed by atoms with van der Waals surface area (Å²) in [7, 11) is 0. The van der Waals surface area contributed by atoms with Crippen molar-refractivity contribution >= 4 is 28.8 Å². The van der Waals surface area contributed by atoms with E-state index in [1.165, 1.54) is 5.56 Å². The van der Waals surface area contributed by atoms with Crippen LogP contribution in [0.3, 0.4) is 0 Å². The third kappa shape index (κ3) is 3.78. The molecule has 146 valence electrons. The van der Waals surface area contributed by atoms with Crippen molar-refractivity contribution in [3.05, 3.63) is 113 Å². The van der Waals surface area contributed by atoms with Crippen LogP contribution in [0.25, 0.3) is 0 Å². The lowest BCUT2D eigenvalue weighted by molar-refractivity contribution is 0.463. The summed E-state index contributed by atoms with van der Waals surface area (Å²) in [5.41, 5.74) is 4.09. The van der Waals surface area contributed by atoms with E-state index in [1.54, 1.807) is 6.20 Å². The van der Waals surface area contributed by atoms with Crippen molar-refractivity contribution in [1.82, 2.24) is 4.98 Å². The lowest BCUT2D eigenvalue weighted by Crippen LogP contribution is -2.33. The van der Waals surface area contributed by atoms with Gasteiger partial charge < -0.3 is 9.64 Å². The minimum Gasteiger partial charge on any atom is -0.439 e. The predicted octanol–water partition coefficient (Wildman–Crippen LogP) is 6.63. The van der Waals surface area contributed by atoms with Gasteiger partial charge in [-0.2, -0.15) is 0 Å². The van der Waals surface area contributed by atoms with Crippen molar-refractivity contribution in [2.45, 2.75) is 6.54 Å². The molecule has 0 atom stereocenters. The number of rotatable bonds is 4. The molecule has 1 aromatic heterocycles. The van der Waals surface area contributed by atoms with Crippen LogP contribution in [0.15, 0.2) is 102 Å². The monoisotopic (exact) mass is 411 g/mol. The number of hydrogen-bond acceptors (Lipinski definition) is 4. The van der Waals surface area contributed by atoms with Crippen LogP contribution in [0.2, 0.25) is 5.02 Å². The second kappa shape index (κ2) is 8.01. The number of para-hydroxylation sites is 2. The van der Waals surface area contributed by atoms with Crippen LogP contribution in [0.4, 0.5) is 11.4 Å². The molecule has 0 amide bonds. The van der Waals surface area contributed by atoms with Gasteiger partial charge >= 0.3 is 0 Å². The number of pyridine rings is 1. The third-order valence-electron chi connectivity index (χ3n) is 4.90. The van der Waals surface area contributed by atoms with Gasteiger partial charge in [0.15, 0.2) is 0 Å². The summed E-state index contributed by atoms with van der Waals surface area (Å²) < 4.78 is 5.82. The molecule has 0 saturated heterocycles. The zero-order valence-corrected chi connectivity index (χ0v) is 16.8. The van der Waals surface area contributed by atoms with E-state index in [0.717, 1.165) is 35.1 Å². The molecular weight excluding hydrogens is 394 g/mol. The van der Waals surface area contributed by atoms with E-state index in [-0.39, 0.29) is 0 Å². The number of aliphatic imine (C=N–C) groups is 1. The normalized spacial score (nSPS) is 12.8. The summed E-state index contributed by atoms with van der Waals surface area (Å²) in [4.78, 5) is 11.6. The van der Waals surface area contributed by atoms with Gasteiger partial charge in [-0.3, -0.25) is 0 Å². The Kier molecular flexibility index (Phi) is 4.91. The van der Waals surface area contributed by atoms with Crippen LogP contribution in [0.1, 0.15) is 11.1 Å². The fraction of sp³-hybridized carbons (Fsp3) is 0.0400. The first kappa shape index (κ1) is 18.4. The second-order valence-corrected chi connectivity index (χ2v) is 7.36. The average Bonchev–Trinajstić information content (AvgIpc) is 2.80. The molecule has 0 spiro atoms. The molecule has 0 saturated carbocycles. The number of aromatic nitrogens is 1. The van der Waals surface area contributed by atoms with Crippen LogP contribution in [0.5, 0.6) is 11.6 Å².